The molecule has 2 heteroatoms. The van der Waals surface area contributed by atoms with Gasteiger partial charge in [-0.05, 0) is 54.7 Å². The fourth-order valence-electron chi connectivity index (χ4n) is 4.08. The minimum absolute atomic E-state index is 0.522. The summed E-state index contributed by atoms with van der Waals surface area (Å²) in [6.45, 7) is 7.05. The first kappa shape index (κ1) is 14.9. The van der Waals surface area contributed by atoms with Crippen LogP contribution in [0.4, 0.5) is 5.69 Å². The number of hydrogen-bond acceptors (Lipinski definition) is 2. The van der Waals surface area contributed by atoms with Crippen molar-refractivity contribution in [3.05, 3.63) is 29.3 Å². The molecule has 1 aliphatic carbocycles. The van der Waals surface area contributed by atoms with Gasteiger partial charge in [-0.15, -0.1) is 0 Å². The zero-order valence-electron chi connectivity index (χ0n) is 13.9. The van der Waals surface area contributed by atoms with Crippen LogP contribution < -0.4 is 10.2 Å². The van der Waals surface area contributed by atoms with Crippen LogP contribution in [-0.4, -0.2) is 19.6 Å². The average Bonchev–Trinajstić information content (AvgIpc) is 2.44. The molecule has 1 saturated carbocycles. The van der Waals surface area contributed by atoms with Gasteiger partial charge in [0.15, 0.2) is 0 Å². The molecule has 1 N–H and O–H groups in total. The molecule has 1 heterocycles. The lowest BCUT2D eigenvalue weighted by Crippen LogP contribution is -2.36. The van der Waals surface area contributed by atoms with Crippen LogP contribution in [0, 0.1) is 5.41 Å². The minimum Gasteiger partial charge on any atom is -0.374 e. The molecule has 0 saturated heterocycles. The molecule has 0 aromatic heterocycles. The van der Waals surface area contributed by atoms with E-state index in [1.165, 1.54) is 61.9 Å². The van der Waals surface area contributed by atoms with E-state index in [9.17, 15) is 0 Å². The Labute approximate surface area is 129 Å². The third-order valence-electron chi connectivity index (χ3n) is 5.29. The van der Waals surface area contributed by atoms with Crippen molar-refractivity contribution in [1.29, 1.82) is 0 Å². The monoisotopic (exact) mass is 286 g/mol. The third-order valence-corrected chi connectivity index (χ3v) is 5.29. The largest absolute Gasteiger partial charge is 0.374 e. The Morgan fingerprint density at radius 3 is 2.95 bits per heavy atom. The second-order valence-electron chi connectivity index (χ2n) is 7.83. The fraction of sp³-hybridized carbons (Fsp3) is 0.684. The van der Waals surface area contributed by atoms with Crippen molar-refractivity contribution in [2.75, 3.05) is 18.5 Å². The fourth-order valence-corrected chi connectivity index (χ4v) is 4.08. The van der Waals surface area contributed by atoms with Gasteiger partial charge < -0.3 is 10.2 Å². The SMILES string of the molecule is CN1CCCc2cc(CNC3CCCC(C)(C)C3)ccc21. The van der Waals surface area contributed by atoms with E-state index < -0.39 is 0 Å². The Morgan fingerprint density at radius 2 is 2.14 bits per heavy atom. The van der Waals surface area contributed by atoms with Crippen LogP contribution in [0.1, 0.15) is 57.1 Å². The van der Waals surface area contributed by atoms with Crippen molar-refractivity contribution in [3.63, 3.8) is 0 Å². The first-order valence-corrected chi connectivity index (χ1v) is 8.60. The zero-order valence-corrected chi connectivity index (χ0v) is 13.9. The molecule has 0 amide bonds. The van der Waals surface area contributed by atoms with Crippen molar-refractivity contribution >= 4 is 5.69 Å². The number of fused-ring (bicyclic) bond motifs is 1. The zero-order chi connectivity index (χ0) is 14.9. The van der Waals surface area contributed by atoms with Crippen LogP contribution in [0.2, 0.25) is 0 Å². The highest BCUT2D eigenvalue weighted by Gasteiger charge is 2.27. The summed E-state index contributed by atoms with van der Waals surface area (Å²) in [6, 6.07) is 7.75. The molecular weight excluding hydrogens is 256 g/mol. The van der Waals surface area contributed by atoms with Gasteiger partial charge >= 0.3 is 0 Å². The molecule has 1 aromatic rings. The van der Waals surface area contributed by atoms with Gasteiger partial charge in [-0.25, -0.2) is 0 Å². The van der Waals surface area contributed by atoms with Crippen LogP contribution in [-0.2, 0) is 13.0 Å². The van der Waals surface area contributed by atoms with Crippen LogP contribution in [0.3, 0.4) is 0 Å². The second-order valence-corrected chi connectivity index (χ2v) is 7.83. The first-order chi connectivity index (χ1) is 10.0. The van der Waals surface area contributed by atoms with Crippen molar-refractivity contribution in [3.8, 4) is 0 Å². The molecule has 0 radical (unpaired) electrons. The summed E-state index contributed by atoms with van der Waals surface area (Å²) in [7, 11) is 2.21. The van der Waals surface area contributed by atoms with E-state index >= 15 is 0 Å². The molecule has 21 heavy (non-hydrogen) atoms. The van der Waals surface area contributed by atoms with Crippen LogP contribution in [0.25, 0.3) is 0 Å². The molecule has 3 rings (SSSR count). The van der Waals surface area contributed by atoms with E-state index in [4.69, 9.17) is 0 Å². The summed E-state index contributed by atoms with van der Waals surface area (Å²) in [5.74, 6) is 0. The number of aryl methyl sites for hydroxylation is 1. The van der Waals surface area contributed by atoms with Crippen LogP contribution >= 0.6 is 0 Å². The Bertz CT molecular complexity index is 492. The van der Waals surface area contributed by atoms with Crippen molar-refractivity contribution in [2.45, 2.75) is 65.0 Å². The summed E-state index contributed by atoms with van der Waals surface area (Å²) < 4.78 is 0. The summed E-state index contributed by atoms with van der Waals surface area (Å²) in [6.07, 6.45) is 7.95. The molecule has 1 aromatic carbocycles. The highest BCUT2D eigenvalue weighted by atomic mass is 15.1. The molecule has 1 fully saturated rings. The molecular formula is C19H30N2. The van der Waals surface area contributed by atoms with Crippen molar-refractivity contribution < 1.29 is 0 Å². The molecule has 1 atom stereocenters. The van der Waals surface area contributed by atoms with Crippen molar-refractivity contribution in [2.24, 2.45) is 5.41 Å². The van der Waals surface area contributed by atoms with Gasteiger partial charge in [-0.3, -0.25) is 0 Å². The van der Waals surface area contributed by atoms with Crippen molar-refractivity contribution in [1.82, 2.24) is 5.32 Å². The van der Waals surface area contributed by atoms with Gasteiger partial charge in [0.2, 0.25) is 0 Å². The average molecular weight is 286 g/mol. The Kier molecular flexibility index (Phi) is 4.26. The van der Waals surface area contributed by atoms with Gasteiger partial charge in [0.1, 0.15) is 0 Å². The highest BCUT2D eigenvalue weighted by Crippen LogP contribution is 2.35. The van der Waals surface area contributed by atoms with E-state index in [2.05, 4.69) is 49.3 Å². The molecule has 0 bridgehead atoms. The normalized spacial score (nSPS) is 24.7. The lowest BCUT2D eigenvalue weighted by atomic mass is 9.75. The smallest absolute Gasteiger partial charge is 0.0396 e. The summed E-state index contributed by atoms with van der Waals surface area (Å²) in [4.78, 5) is 2.39. The van der Waals surface area contributed by atoms with Crippen LogP contribution in [0.5, 0.6) is 0 Å². The maximum atomic E-state index is 3.80. The second kappa shape index (κ2) is 6.00. The lowest BCUT2D eigenvalue weighted by Gasteiger charge is -2.35. The number of hydrogen-bond donors (Lipinski definition) is 1. The first-order valence-electron chi connectivity index (χ1n) is 8.60. The lowest BCUT2D eigenvalue weighted by molar-refractivity contribution is 0.198. The Balaban J connectivity index is 1.61. The topological polar surface area (TPSA) is 15.3 Å². The molecule has 1 unspecified atom stereocenters. The Morgan fingerprint density at radius 1 is 1.29 bits per heavy atom. The summed E-state index contributed by atoms with van der Waals surface area (Å²) in [5.41, 5.74) is 4.94. The number of nitrogens with zero attached hydrogens (tertiary/aromatic N) is 1. The molecule has 2 nitrogen and oxygen atoms in total. The Hall–Kier alpha value is -1.02. The predicted octanol–water partition coefficient (Wildman–Crippen LogP) is 4.13. The van der Waals surface area contributed by atoms with E-state index in [0.29, 0.717) is 11.5 Å². The molecule has 1 aliphatic heterocycles. The summed E-state index contributed by atoms with van der Waals surface area (Å²) >= 11 is 0. The van der Waals surface area contributed by atoms with Gasteiger partial charge in [-0.1, -0.05) is 32.4 Å². The van der Waals surface area contributed by atoms with E-state index in [-0.39, 0.29) is 0 Å². The quantitative estimate of drug-likeness (QED) is 0.899. The van der Waals surface area contributed by atoms with Gasteiger partial charge in [0, 0.05) is 31.9 Å². The predicted molar refractivity (Wildman–Crippen MR) is 90.9 cm³/mol. The molecule has 2 aliphatic rings. The van der Waals surface area contributed by atoms with E-state index in [1.54, 1.807) is 0 Å². The molecule has 0 spiro atoms. The number of rotatable bonds is 3. The number of nitrogens with one attached hydrogen (secondary N) is 1. The maximum Gasteiger partial charge on any atom is 0.0396 e. The minimum atomic E-state index is 0.522. The summed E-state index contributed by atoms with van der Waals surface area (Å²) in [5, 5.41) is 3.80. The standard InChI is InChI=1S/C19H30N2/c1-19(2)10-4-7-17(13-19)20-14-15-8-9-18-16(12-15)6-5-11-21(18)3/h8-9,12,17,20H,4-7,10-11,13-14H2,1-3H3. The van der Waals surface area contributed by atoms with Gasteiger partial charge in [0.05, 0.1) is 0 Å². The van der Waals surface area contributed by atoms with Gasteiger partial charge in [-0.2, -0.15) is 0 Å². The van der Waals surface area contributed by atoms with E-state index in [0.717, 1.165) is 6.54 Å². The third kappa shape index (κ3) is 3.60. The number of anilines is 1. The van der Waals surface area contributed by atoms with Crippen LogP contribution in [0.15, 0.2) is 18.2 Å². The maximum absolute atomic E-state index is 3.80. The number of benzene rings is 1. The van der Waals surface area contributed by atoms with E-state index in [1.807, 2.05) is 0 Å². The molecule has 116 valence electrons. The van der Waals surface area contributed by atoms with Gasteiger partial charge in [0.25, 0.3) is 0 Å². The highest BCUT2D eigenvalue weighted by molar-refractivity contribution is 5.56.